The normalized spacial score (nSPS) is 22.4. The third-order valence-electron chi connectivity index (χ3n) is 5.02. The van der Waals surface area contributed by atoms with E-state index in [1.165, 1.54) is 17.6 Å². The summed E-state index contributed by atoms with van der Waals surface area (Å²) in [4.78, 5) is 28.8. The summed E-state index contributed by atoms with van der Waals surface area (Å²) in [6.07, 6.45) is 2.04. The van der Waals surface area contributed by atoms with Gasteiger partial charge < -0.3 is 14.4 Å². The number of carbonyl (C=O) groups is 2. The van der Waals surface area contributed by atoms with E-state index in [-0.39, 0.29) is 6.04 Å². The van der Waals surface area contributed by atoms with Gasteiger partial charge in [0.2, 0.25) is 0 Å². The van der Waals surface area contributed by atoms with Crippen LogP contribution in [0.5, 0.6) is 0 Å². The maximum Gasteiger partial charge on any atom is 0.411 e. The van der Waals surface area contributed by atoms with Gasteiger partial charge in [0, 0.05) is 36.3 Å². The highest BCUT2D eigenvalue weighted by Crippen LogP contribution is 2.35. The summed E-state index contributed by atoms with van der Waals surface area (Å²) < 4.78 is 10.5. The van der Waals surface area contributed by atoms with Gasteiger partial charge in [-0.3, -0.25) is 4.90 Å². The maximum atomic E-state index is 12.7. The van der Waals surface area contributed by atoms with E-state index >= 15 is 0 Å². The molecule has 0 N–H and O–H groups in total. The van der Waals surface area contributed by atoms with Crippen molar-refractivity contribution in [3.8, 4) is 0 Å². The minimum Gasteiger partial charge on any atom is -0.467 e. The van der Waals surface area contributed by atoms with Gasteiger partial charge in [0.05, 0.1) is 7.11 Å². The van der Waals surface area contributed by atoms with Crippen LogP contribution in [-0.4, -0.2) is 54.8 Å². The van der Waals surface area contributed by atoms with E-state index in [1.807, 2.05) is 39.0 Å². The molecule has 2 aliphatic rings. The lowest BCUT2D eigenvalue weighted by Crippen LogP contribution is -2.45. The van der Waals surface area contributed by atoms with Gasteiger partial charge >= 0.3 is 12.1 Å². The number of methoxy groups -OCH3 is 1. The van der Waals surface area contributed by atoms with Crippen molar-refractivity contribution in [3.63, 3.8) is 0 Å². The highest BCUT2D eigenvalue weighted by Gasteiger charge is 2.44. The van der Waals surface area contributed by atoms with Crippen molar-refractivity contribution in [3.05, 3.63) is 28.8 Å². The molecule has 1 aromatic carbocycles. The zero-order valence-corrected chi connectivity index (χ0v) is 17.1. The smallest absolute Gasteiger partial charge is 0.411 e. The van der Waals surface area contributed by atoms with Gasteiger partial charge in [0.15, 0.2) is 0 Å². The number of benzene rings is 1. The van der Waals surface area contributed by atoms with Crippen LogP contribution in [0.2, 0.25) is 5.02 Å². The summed E-state index contributed by atoms with van der Waals surface area (Å²) in [5.74, 6) is -0.406. The van der Waals surface area contributed by atoms with Gasteiger partial charge in [0.1, 0.15) is 11.6 Å². The first-order chi connectivity index (χ1) is 12.7. The quantitative estimate of drug-likeness (QED) is 0.716. The van der Waals surface area contributed by atoms with Crippen molar-refractivity contribution < 1.29 is 19.1 Å². The van der Waals surface area contributed by atoms with Crippen LogP contribution in [0.1, 0.15) is 39.2 Å². The minimum atomic E-state index is -0.632. The lowest BCUT2D eigenvalue weighted by Gasteiger charge is -2.36. The number of esters is 1. The Morgan fingerprint density at radius 3 is 2.67 bits per heavy atom. The Hall–Kier alpha value is -1.95. The number of anilines is 1. The van der Waals surface area contributed by atoms with Gasteiger partial charge in [-0.1, -0.05) is 11.6 Å². The van der Waals surface area contributed by atoms with Gasteiger partial charge in [-0.2, -0.15) is 0 Å². The van der Waals surface area contributed by atoms with Crippen LogP contribution < -0.4 is 4.90 Å². The molecule has 7 heteroatoms. The average molecular weight is 395 g/mol. The number of ether oxygens (including phenoxy) is 2. The number of fused-ring (bicyclic) bond motifs is 1. The monoisotopic (exact) mass is 394 g/mol. The van der Waals surface area contributed by atoms with Gasteiger partial charge in [-0.05, 0) is 57.4 Å². The van der Waals surface area contributed by atoms with Crippen molar-refractivity contribution in [1.82, 2.24) is 4.90 Å². The molecule has 0 bridgehead atoms. The van der Waals surface area contributed by atoms with Crippen LogP contribution >= 0.6 is 11.6 Å². The molecular weight excluding hydrogens is 368 g/mol. The van der Waals surface area contributed by atoms with E-state index in [2.05, 4.69) is 4.90 Å². The summed E-state index contributed by atoms with van der Waals surface area (Å²) in [5.41, 5.74) is 1.72. The van der Waals surface area contributed by atoms with E-state index in [0.717, 1.165) is 30.1 Å². The third kappa shape index (κ3) is 4.32. The molecule has 3 rings (SSSR count). The molecule has 6 nitrogen and oxygen atoms in total. The van der Waals surface area contributed by atoms with E-state index < -0.39 is 23.7 Å². The first-order valence-corrected chi connectivity index (χ1v) is 9.70. The van der Waals surface area contributed by atoms with Crippen LogP contribution in [0.3, 0.4) is 0 Å². The maximum absolute atomic E-state index is 12.7. The van der Waals surface area contributed by atoms with Crippen molar-refractivity contribution in [2.75, 3.05) is 25.1 Å². The number of aryl methyl sites for hydroxylation is 1. The summed E-state index contributed by atoms with van der Waals surface area (Å²) in [7, 11) is 1.35. The Labute approximate surface area is 165 Å². The van der Waals surface area contributed by atoms with Crippen molar-refractivity contribution in [1.29, 1.82) is 0 Å². The number of hydrogen-bond donors (Lipinski definition) is 0. The highest BCUT2D eigenvalue weighted by atomic mass is 35.5. The molecule has 0 aliphatic carbocycles. The number of rotatable bonds is 2. The van der Waals surface area contributed by atoms with Crippen LogP contribution in [0, 0.1) is 0 Å². The first kappa shape index (κ1) is 19.8. The number of halogens is 1. The minimum absolute atomic E-state index is 0.0295. The van der Waals surface area contributed by atoms with Crippen molar-refractivity contribution in [2.45, 2.75) is 57.7 Å². The molecule has 2 atom stereocenters. The molecule has 0 aromatic heterocycles. The fourth-order valence-corrected chi connectivity index (χ4v) is 4.09. The number of nitrogens with zero attached hydrogens (tertiary/aromatic N) is 2. The molecule has 0 radical (unpaired) electrons. The molecule has 0 spiro atoms. The Bertz CT molecular complexity index is 731. The van der Waals surface area contributed by atoms with Crippen molar-refractivity contribution >= 4 is 29.4 Å². The van der Waals surface area contributed by atoms with E-state index in [1.54, 1.807) is 0 Å². The topological polar surface area (TPSA) is 59.1 Å². The predicted octanol–water partition coefficient (Wildman–Crippen LogP) is 3.64. The van der Waals surface area contributed by atoms with E-state index in [9.17, 15) is 9.59 Å². The summed E-state index contributed by atoms with van der Waals surface area (Å²) in [6, 6.07) is 5.31. The Morgan fingerprint density at radius 1 is 1.26 bits per heavy atom. The zero-order chi connectivity index (χ0) is 19.8. The SMILES string of the molecule is COC(=O)[C@@H]1C[C@@H](N2CCCc3cc(Cl)ccc32)CN1C(=O)OC(C)(C)C. The second-order valence-electron chi connectivity index (χ2n) is 8.13. The molecule has 1 amide bonds. The predicted molar refractivity (Wildman–Crippen MR) is 104 cm³/mol. The number of likely N-dealkylation sites (tertiary alicyclic amines) is 1. The Kier molecular flexibility index (Phi) is 5.56. The largest absolute Gasteiger partial charge is 0.467 e. The molecule has 2 heterocycles. The van der Waals surface area contributed by atoms with Gasteiger partial charge in [-0.15, -0.1) is 0 Å². The van der Waals surface area contributed by atoms with Crippen LogP contribution in [-0.2, 0) is 20.7 Å². The molecule has 1 fully saturated rings. The zero-order valence-electron chi connectivity index (χ0n) is 16.3. The van der Waals surface area contributed by atoms with Crippen molar-refractivity contribution in [2.24, 2.45) is 0 Å². The van der Waals surface area contributed by atoms with Crippen LogP contribution in [0.15, 0.2) is 18.2 Å². The highest BCUT2D eigenvalue weighted by molar-refractivity contribution is 6.30. The third-order valence-corrected chi connectivity index (χ3v) is 5.25. The number of amides is 1. The van der Waals surface area contributed by atoms with Crippen LogP contribution in [0.25, 0.3) is 0 Å². The average Bonchev–Trinajstić information content (AvgIpc) is 3.04. The number of carbonyl (C=O) groups excluding carboxylic acids is 2. The summed E-state index contributed by atoms with van der Waals surface area (Å²) >= 11 is 6.14. The van der Waals surface area contributed by atoms with Gasteiger partial charge in [0.25, 0.3) is 0 Å². The molecule has 27 heavy (non-hydrogen) atoms. The Morgan fingerprint density at radius 2 is 2.00 bits per heavy atom. The number of hydrogen-bond acceptors (Lipinski definition) is 5. The summed E-state index contributed by atoms with van der Waals surface area (Å²) in [6.45, 7) is 6.76. The lowest BCUT2D eigenvalue weighted by molar-refractivity contribution is -0.145. The Balaban J connectivity index is 1.84. The standard InChI is InChI=1S/C20H27ClN2O4/c1-20(2,3)27-19(25)23-12-15(11-17(23)18(24)26-4)22-9-5-6-13-10-14(21)7-8-16(13)22/h7-8,10,15,17H,5-6,9,11-12H2,1-4H3/t15-,17+/m1/s1. The van der Waals surface area contributed by atoms with Gasteiger partial charge in [-0.25, -0.2) is 9.59 Å². The summed E-state index contributed by atoms with van der Waals surface area (Å²) in [5, 5.41) is 0.727. The first-order valence-electron chi connectivity index (χ1n) is 9.32. The molecule has 1 aromatic rings. The molecule has 148 valence electrons. The lowest BCUT2D eigenvalue weighted by atomic mass is 9.99. The molecule has 1 saturated heterocycles. The fraction of sp³-hybridized carbons (Fsp3) is 0.600. The van der Waals surface area contributed by atoms with E-state index in [4.69, 9.17) is 21.1 Å². The second kappa shape index (κ2) is 7.58. The molecule has 0 unspecified atom stereocenters. The van der Waals surface area contributed by atoms with E-state index in [0.29, 0.717) is 13.0 Å². The fourth-order valence-electron chi connectivity index (χ4n) is 3.90. The molecule has 2 aliphatic heterocycles. The second-order valence-corrected chi connectivity index (χ2v) is 8.57. The molecular formula is C20H27ClN2O4. The van der Waals surface area contributed by atoms with Crippen LogP contribution in [0.4, 0.5) is 10.5 Å². The molecule has 0 saturated carbocycles.